The minimum absolute atomic E-state index is 0. The molecule has 0 saturated heterocycles. The van der Waals surface area contributed by atoms with Gasteiger partial charge in [0.15, 0.2) is 0 Å². The molecule has 0 aliphatic rings. The van der Waals surface area contributed by atoms with Crippen LogP contribution in [0.3, 0.4) is 0 Å². The van der Waals surface area contributed by atoms with Gasteiger partial charge in [-0.25, -0.2) is 4.98 Å². The number of benzene rings is 1. The molecule has 108 valence electrons. The molecule has 2 heterocycles. The first-order chi connectivity index (χ1) is 9.70. The Bertz CT molecular complexity index is 788. The van der Waals surface area contributed by atoms with Gasteiger partial charge < -0.3 is 5.73 Å². The SMILES string of the molecule is CCc1nc(N)ccc1-c1c(Cl)ccc2cccnc12.Cl. The van der Waals surface area contributed by atoms with Crippen LogP contribution >= 0.6 is 24.0 Å². The van der Waals surface area contributed by atoms with Gasteiger partial charge in [0.25, 0.3) is 0 Å². The molecule has 0 spiro atoms. The smallest absolute Gasteiger partial charge is 0.123 e. The average Bonchev–Trinajstić information content (AvgIpc) is 2.48. The van der Waals surface area contributed by atoms with Crippen LogP contribution in [0.25, 0.3) is 22.0 Å². The second-order valence-corrected chi connectivity index (χ2v) is 4.99. The Kier molecular flexibility index (Phi) is 4.66. The Morgan fingerprint density at radius 2 is 1.95 bits per heavy atom. The molecule has 3 aromatic rings. The lowest BCUT2D eigenvalue weighted by atomic mass is 9.99. The quantitative estimate of drug-likeness (QED) is 0.755. The van der Waals surface area contributed by atoms with Crippen molar-refractivity contribution in [2.75, 3.05) is 5.73 Å². The zero-order chi connectivity index (χ0) is 14.1. The van der Waals surface area contributed by atoms with Gasteiger partial charge in [-0.1, -0.05) is 30.7 Å². The highest BCUT2D eigenvalue weighted by atomic mass is 35.5. The molecule has 0 amide bonds. The summed E-state index contributed by atoms with van der Waals surface area (Å²) in [5.41, 5.74) is 9.52. The molecule has 3 rings (SSSR count). The van der Waals surface area contributed by atoms with E-state index in [1.165, 1.54) is 0 Å². The molecular formula is C16H15Cl2N3. The lowest BCUT2D eigenvalue weighted by molar-refractivity contribution is 1.05. The lowest BCUT2D eigenvalue weighted by Crippen LogP contribution is -1.98. The maximum atomic E-state index is 6.41. The summed E-state index contributed by atoms with van der Waals surface area (Å²) in [4.78, 5) is 8.88. The molecule has 0 atom stereocenters. The molecule has 0 aliphatic carbocycles. The third kappa shape index (κ3) is 2.80. The molecule has 0 fully saturated rings. The van der Waals surface area contributed by atoms with Crippen molar-refractivity contribution in [3.05, 3.63) is 53.3 Å². The second kappa shape index (κ2) is 6.29. The van der Waals surface area contributed by atoms with E-state index in [4.69, 9.17) is 17.3 Å². The van der Waals surface area contributed by atoms with E-state index in [2.05, 4.69) is 16.9 Å². The van der Waals surface area contributed by atoms with Crippen molar-refractivity contribution < 1.29 is 0 Å². The maximum absolute atomic E-state index is 6.41. The molecular weight excluding hydrogens is 305 g/mol. The van der Waals surface area contributed by atoms with Crippen molar-refractivity contribution in [3.63, 3.8) is 0 Å². The summed E-state index contributed by atoms with van der Waals surface area (Å²) in [5.74, 6) is 0.523. The van der Waals surface area contributed by atoms with Crippen molar-refractivity contribution in [1.82, 2.24) is 9.97 Å². The number of halogens is 2. The van der Waals surface area contributed by atoms with Crippen LogP contribution in [0.4, 0.5) is 5.82 Å². The fourth-order valence-electron chi connectivity index (χ4n) is 2.39. The molecule has 21 heavy (non-hydrogen) atoms. The first kappa shape index (κ1) is 15.5. The number of anilines is 1. The van der Waals surface area contributed by atoms with Crippen molar-refractivity contribution >= 4 is 40.7 Å². The zero-order valence-electron chi connectivity index (χ0n) is 11.5. The third-order valence-corrected chi connectivity index (χ3v) is 3.64. The molecule has 0 saturated carbocycles. The van der Waals surface area contributed by atoms with E-state index in [0.717, 1.165) is 34.1 Å². The van der Waals surface area contributed by atoms with Gasteiger partial charge in [0, 0.05) is 22.7 Å². The fraction of sp³-hybridized carbons (Fsp3) is 0.125. The molecule has 2 aromatic heterocycles. The largest absolute Gasteiger partial charge is 0.384 e. The standard InChI is InChI=1S/C16H14ClN3.ClH/c1-2-13-11(6-8-14(18)20-13)15-12(17)7-5-10-4-3-9-19-16(10)15;/h3-9H,2H2,1H3,(H2,18,20);1H. The van der Waals surface area contributed by atoms with Gasteiger partial charge in [-0.2, -0.15) is 0 Å². The van der Waals surface area contributed by atoms with Crippen LogP contribution in [-0.4, -0.2) is 9.97 Å². The Morgan fingerprint density at radius 1 is 1.14 bits per heavy atom. The van der Waals surface area contributed by atoms with Crippen molar-refractivity contribution in [2.45, 2.75) is 13.3 Å². The molecule has 2 N–H and O–H groups in total. The Hall–Kier alpha value is -1.84. The Balaban J connectivity index is 0.00000161. The Labute approximate surface area is 134 Å². The number of fused-ring (bicyclic) bond motifs is 1. The molecule has 0 bridgehead atoms. The number of aryl methyl sites for hydroxylation is 1. The first-order valence-electron chi connectivity index (χ1n) is 6.49. The molecule has 5 heteroatoms. The van der Waals surface area contributed by atoms with Crippen molar-refractivity contribution in [2.24, 2.45) is 0 Å². The van der Waals surface area contributed by atoms with E-state index in [-0.39, 0.29) is 12.4 Å². The Morgan fingerprint density at radius 3 is 2.71 bits per heavy atom. The zero-order valence-corrected chi connectivity index (χ0v) is 13.1. The van der Waals surface area contributed by atoms with Gasteiger partial charge in [0.2, 0.25) is 0 Å². The van der Waals surface area contributed by atoms with Crippen LogP contribution in [0.2, 0.25) is 5.02 Å². The summed E-state index contributed by atoms with van der Waals surface area (Å²) < 4.78 is 0. The van der Waals surface area contributed by atoms with E-state index < -0.39 is 0 Å². The highest BCUT2D eigenvalue weighted by Gasteiger charge is 2.14. The molecule has 0 aliphatic heterocycles. The third-order valence-electron chi connectivity index (χ3n) is 3.32. The normalized spacial score (nSPS) is 10.4. The summed E-state index contributed by atoms with van der Waals surface area (Å²) in [6.07, 6.45) is 2.57. The minimum atomic E-state index is 0. The number of aromatic nitrogens is 2. The summed E-state index contributed by atoms with van der Waals surface area (Å²) in [6, 6.07) is 11.6. The predicted octanol–water partition coefficient (Wildman–Crippen LogP) is 4.52. The van der Waals surface area contributed by atoms with Gasteiger partial charge in [0.1, 0.15) is 5.82 Å². The summed E-state index contributed by atoms with van der Waals surface area (Å²) >= 11 is 6.41. The number of rotatable bonds is 2. The summed E-state index contributed by atoms with van der Waals surface area (Å²) in [6.45, 7) is 2.05. The van der Waals surface area contributed by atoms with Gasteiger partial charge in [-0.05, 0) is 30.7 Å². The highest BCUT2D eigenvalue weighted by molar-refractivity contribution is 6.35. The number of nitrogens with two attached hydrogens (primary N) is 1. The van der Waals surface area contributed by atoms with Gasteiger partial charge in [-0.15, -0.1) is 12.4 Å². The highest BCUT2D eigenvalue weighted by Crippen LogP contribution is 2.35. The second-order valence-electron chi connectivity index (χ2n) is 4.58. The number of nitrogens with zero attached hydrogens (tertiary/aromatic N) is 2. The number of hydrogen-bond acceptors (Lipinski definition) is 3. The lowest BCUT2D eigenvalue weighted by Gasteiger charge is -2.12. The van der Waals surface area contributed by atoms with Crippen molar-refractivity contribution in [3.8, 4) is 11.1 Å². The van der Waals surface area contributed by atoms with E-state index in [1.807, 2.05) is 30.3 Å². The van der Waals surface area contributed by atoms with Crippen LogP contribution in [0.5, 0.6) is 0 Å². The van der Waals surface area contributed by atoms with Gasteiger partial charge >= 0.3 is 0 Å². The van der Waals surface area contributed by atoms with Gasteiger partial charge in [-0.3, -0.25) is 4.98 Å². The monoisotopic (exact) mass is 319 g/mol. The van der Waals surface area contributed by atoms with Crippen LogP contribution < -0.4 is 5.73 Å². The van der Waals surface area contributed by atoms with E-state index in [9.17, 15) is 0 Å². The molecule has 1 aromatic carbocycles. The molecule has 0 unspecified atom stereocenters. The van der Waals surface area contributed by atoms with E-state index >= 15 is 0 Å². The first-order valence-corrected chi connectivity index (χ1v) is 6.87. The van der Waals surface area contributed by atoms with Crippen molar-refractivity contribution in [1.29, 1.82) is 0 Å². The van der Waals surface area contributed by atoms with Crippen LogP contribution in [0, 0.1) is 0 Å². The van der Waals surface area contributed by atoms with Crippen LogP contribution in [0.1, 0.15) is 12.6 Å². The fourth-order valence-corrected chi connectivity index (χ4v) is 2.65. The number of hydrogen-bond donors (Lipinski definition) is 1. The number of nitrogen functional groups attached to an aromatic ring is 1. The van der Waals surface area contributed by atoms with E-state index in [0.29, 0.717) is 10.8 Å². The number of pyridine rings is 2. The predicted molar refractivity (Wildman–Crippen MR) is 91.0 cm³/mol. The molecule has 3 nitrogen and oxygen atoms in total. The molecule has 0 radical (unpaired) electrons. The summed E-state index contributed by atoms with van der Waals surface area (Å²) in [7, 11) is 0. The average molecular weight is 320 g/mol. The van der Waals surface area contributed by atoms with Crippen LogP contribution in [0.15, 0.2) is 42.6 Å². The van der Waals surface area contributed by atoms with E-state index in [1.54, 1.807) is 12.3 Å². The maximum Gasteiger partial charge on any atom is 0.123 e. The van der Waals surface area contributed by atoms with Crippen LogP contribution in [-0.2, 0) is 6.42 Å². The minimum Gasteiger partial charge on any atom is -0.384 e. The summed E-state index contributed by atoms with van der Waals surface area (Å²) in [5, 5.41) is 1.74. The van der Waals surface area contributed by atoms with Gasteiger partial charge in [0.05, 0.1) is 16.2 Å². The topological polar surface area (TPSA) is 51.8 Å².